The molecule has 0 unspecified atom stereocenters. The second-order valence-corrected chi connectivity index (χ2v) is 5.75. The van der Waals surface area contributed by atoms with Crippen LogP contribution in [0.25, 0.3) is 0 Å². The summed E-state index contributed by atoms with van der Waals surface area (Å²) in [4.78, 5) is 13.0. The summed E-state index contributed by atoms with van der Waals surface area (Å²) < 4.78 is 10.8. The third kappa shape index (κ3) is 5.87. The van der Waals surface area contributed by atoms with Gasteiger partial charge in [-0.2, -0.15) is 0 Å². The molecule has 0 aliphatic carbocycles. The molecule has 0 radical (unpaired) electrons. The number of amides is 1. The predicted molar refractivity (Wildman–Crippen MR) is 94.6 cm³/mol. The molecule has 0 aliphatic heterocycles. The van der Waals surface area contributed by atoms with Gasteiger partial charge in [0.15, 0.2) is 0 Å². The van der Waals surface area contributed by atoms with Crippen LogP contribution in [0.2, 0.25) is 0 Å². The van der Waals surface area contributed by atoms with E-state index >= 15 is 0 Å². The monoisotopic (exact) mass is 331 g/mol. The van der Waals surface area contributed by atoms with Crippen molar-refractivity contribution in [2.24, 2.45) is 0 Å². The van der Waals surface area contributed by atoms with E-state index in [1.165, 1.54) is 11.8 Å². The number of benzene rings is 2. The van der Waals surface area contributed by atoms with Crippen LogP contribution in [-0.2, 0) is 4.79 Å². The maximum atomic E-state index is 12.0. The first-order chi connectivity index (χ1) is 11.2. The van der Waals surface area contributed by atoms with E-state index in [0.717, 1.165) is 22.1 Å². The van der Waals surface area contributed by atoms with Gasteiger partial charge in [-0.15, -0.1) is 11.8 Å². The van der Waals surface area contributed by atoms with Gasteiger partial charge in [-0.25, -0.2) is 0 Å². The summed E-state index contributed by atoms with van der Waals surface area (Å²) in [6.45, 7) is 5.17. The van der Waals surface area contributed by atoms with Crippen molar-refractivity contribution in [3.63, 3.8) is 0 Å². The zero-order valence-corrected chi connectivity index (χ0v) is 14.2. The smallest absolute Gasteiger partial charge is 0.234 e. The second-order valence-electron chi connectivity index (χ2n) is 4.70. The fraction of sp³-hybridized carbons (Fsp3) is 0.278. The minimum atomic E-state index is -0.0342. The number of hydrogen-bond acceptors (Lipinski definition) is 4. The molecular formula is C18H21NO3S. The Hall–Kier alpha value is -2.14. The summed E-state index contributed by atoms with van der Waals surface area (Å²) in [6.07, 6.45) is 0. The highest BCUT2D eigenvalue weighted by molar-refractivity contribution is 8.00. The molecule has 1 N–H and O–H groups in total. The van der Waals surface area contributed by atoms with Crippen LogP contribution in [-0.4, -0.2) is 24.9 Å². The van der Waals surface area contributed by atoms with E-state index in [9.17, 15) is 4.79 Å². The highest BCUT2D eigenvalue weighted by Gasteiger charge is 2.04. The first-order valence-corrected chi connectivity index (χ1v) is 8.58. The molecule has 122 valence electrons. The first-order valence-electron chi connectivity index (χ1n) is 7.59. The summed E-state index contributed by atoms with van der Waals surface area (Å²) in [7, 11) is 0. The van der Waals surface area contributed by atoms with Crippen molar-refractivity contribution in [3.8, 4) is 11.5 Å². The summed E-state index contributed by atoms with van der Waals surface area (Å²) >= 11 is 1.49. The Bertz CT molecular complexity index is 611. The zero-order valence-electron chi connectivity index (χ0n) is 13.4. The molecule has 0 aliphatic rings. The lowest BCUT2D eigenvalue weighted by Crippen LogP contribution is -2.13. The van der Waals surface area contributed by atoms with Crippen LogP contribution in [0, 0.1) is 0 Å². The van der Waals surface area contributed by atoms with Crippen molar-refractivity contribution in [2.45, 2.75) is 18.7 Å². The van der Waals surface area contributed by atoms with Gasteiger partial charge in [-0.05, 0) is 62.4 Å². The molecule has 5 heteroatoms. The third-order valence-corrected chi connectivity index (χ3v) is 3.97. The largest absolute Gasteiger partial charge is 0.494 e. The van der Waals surface area contributed by atoms with Crippen LogP contribution in [0.5, 0.6) is 11.5 Å². The first kappa shape index (κ1) is 17.2. The molecule has 2 aromatic rings. The van der Waals surface area contributed by atoms with Gasteiger partial charge in [-0.3, -0.25) is 4.79 Å². The van der Waals surface area contributed by atoms with Crippen molar-refractivity contribution < 1.29 is 14.3 Å². The maximum absolute atomic E-state index is 12.0. The topological polar surface area (TPSA) is 47.6 Å². The molecule has 0 atom stereocenters. The number of thioether (sulfide) groups is 1. The number of carbonyl (C=O) groups excluding carboxylic acids is 1. The fourth-order valence-corrected chi connectivity index (χ4v) is 2.64. The Morgan fingerprint density at radius 3 is 1.96 bits per heavy atom. The molecule has 23 heavy (non-hydrogen) atoms. The number of anilines is 1. The number of ether oxygens (including phenoxy) is 2. The van der Waals surface area contributed by atoms with Gasteiger partial charge in [0.25, 0.3) is 0 Å². The second kappa shape index (κ2) is 9.10. The Balaban J connectivity index is 1.80. The molecule has 4 nitrogen and oxygen atoms in total. The van der Waals surface area contributed by atoms with Gasteiger partial charge < -0.3 is 14.8 Å². The number of nitrogens with one attached hydrogen (secondary N) is 1. The predicted octanol–water partition coefficient (Wildman–Crippen LogP) is 4.21. The van der Waals surface area contributed by atoms with E-state index < -0.39 is 0 Å². The summed E-state index contributed by atoms with van der Waals surface area (Å²) in [5, 5.41) is 2.87. The van der Waals surface area contributed by atoms with Gasteiger partial charge in [0.05, 0.1) is 19.0 Å². The van der Waals surface area contributed by atoms with Crippen LogP contribution in [0.4, 0.5) is 5.69 Å². The molecule has 2 aromatic carbocycles. The SMILES string of the molecule is CCOc1ccc(NC(=O)CSc2ccc(OCC)cc2)cc1. The third-order valence-electron chi connectivity index (χ3n) is 2.95. The van der Waals surface area contributed by atoms with Gasteiger partial charge in [0, 0.05) is 10.6 Å². The maximum Gasteiger partial charge on any atom is 0.234 e. The van der Waals surface area contributed by atoms with Gasteiger partial charge in [0.1, 0.15) is 11.5 Å². The van der Waals surface area contributed by atoms with Crippen LogP contribution in [0.15, 0.2) is 53.4 Å². The standard InChI is InChI=1S/C18H21NO3S/c1-3-21-15-7-5-14(6-8-15)19-18(20)13-23-17-11-9-16(10-12-17)22-4-2/h5-12H,3-4,13H2,1-2H3,(H,19,20). The normalized spacial score (nSPS) is 10.2. The molecule has 0 bridgehead atoms. The molecule has 0 spiro atoms. The Kier molecular flexibility index (Phi) is 6.81. The lowest BCUT2D eigenvalue weighted by atomic mass is 10.3. The van der Waals surface area contributed by atoms with Crippen LogP contribution in [0.1, 0.15) is 13.8 Å². The average molecular weight is 331 g/mol. The van der Waals surface area contributed by atoms with Crippen molar-refractivity contribution in [3.05, 3.63) is 48.5 Å². The molecule has 0 aromatic heterocycles. The zero-order chi connectivity index (χ0) is 16.5. The Morgan fingerprint density at radius 2 is 1.43 bits per heavy atom. The van der Waals surface area contributed by atoms with Crippen LogP contribution in [0.3, 0.4) is 0 Å². The van der Waals surface area contributed by atoms with E-state index in [1.807, 2.05) is 62.4 Å². The fourth-order valence-electron chi connectivity index (χ4n) is 1.95. The molecule has 0 heterocycles. The Morgan fingerprint density at radius 1 is 0.913 bits per heavy atom. The van der Waals surface area contributed by atoms with Crippen LogP contribution < -0.4 is 14.8 Å². The van der Waals surface area contributed by atoms with Gasteiger partial charge in [-0.1, -0.05) is 0 Å². The molecule has 0 saturated carbocycles. The molecule has 2 rings (SSSR count). The average Bonchev–Trinajstić information content (AvgIpc) is 2.57. The van der Waals surface area contributed by atoms with Crippen molar-refractivity contribution in [2.75, 3.05) is 24.3 Å². The van der Waals surface area contributed by atoms with Crippen molar-refractivity contribution in [1.82, 2.24) is 0 Å². The van der Waals surface area contributed by atoms with Gasteiger partial charge in [0.2, 0.25) is 5.91 Å². The summed E-state index contributed by atoms with van der Waals surface area (Å²) in [6, 6.07) is 15.1. The molecular weight excluding hydrogens is 310 g/mol. The number of rotatable bonds is 8. The summed E-state index contributed by atoms with van der Waals surface area (Å²) in [5.41, 5.74) is 0.769. The molecule has 0 fully saturated rings. The van der Waals surface area contributed by atoms with E-state index in [0.29, 0.717) is 19.0 Å². The van der Waals surface area contributed by atoms with Crippen molar-refractivity contribution >= 4 is 23.4 Å². The van der Waals surface area contributed by atoms with E-state index in [-0.39, 0.29) is 5.91 Å². The van der Waals surface area contributed by atoms with E-state index in [2.05, 4.69) is 5.32 Å². The van der Waals surface area contributed by atoms with E-state index in [1.54, 1.807) is 0 Å². The van der Waals surface area contributed by atoms with Crippen LogP contribution >= 0.6 is 11.8 Å². The minimum Gasteiger partial charge on any atom is -0.494 e. The van der Waals surface area contributed by atoms with Crippen molar-refractivity contribution in [1.29, 1.82) is 0 Å². The lowest BCUT2D eigenvalue weighted by Gasteiger charge is -2.07. The number of hydrogen-bond donors (Lipinski definition) is 1. The van der Waals surface area contributed by atoms with E-state index in [4.69, 9.17) is 9.47 Å². The van der Waals surface area contributed by atoms with Gasteiger partial charge >= 0.3 is 0 Å². The molecule has 0 saturated heterocycles. The molecule has 1 amide bonds. The summed E-state index contributed by atoms with van der Waals surface area (Å²) in [5.74, 6) is 1.97. The highest BCUT2D eigenvalue weighted by Crippen LogP contribution is 2.22. The quantitative estimate of drug-likeness (QED) is 0.736. The minimum absolute atomic E-state index is 0.0342. The Labute approximate surface area is 141 Å². The lowest BCUT2D eigenvalue weighted by molar-refractivity contribution is -0.113. The highest BCUT2D eigenvalue weighted by atomic mass is 32.2. The number of carbonyl (C=O) groups is 1.